The van der Waals surface area contributed by atoms with E-state index in [9.17, 15) is 4.79 Å². The van der Waals surface area contributed by atoms with Crippen LogP contribution in [0.25, 0.3) is 11.4 Å². The summed E-state index contributed by atoms with van der Waals surface area (Å²) in [6, 6.07) is 13.6. The fourth-order valence-corrected chi connectivity index (χ4v) is 5.18. The van der Waals surface area contributed by atoms with E-state index in [-0.39, 0.29) is 17.9 Å². The molecule has 2 saturated heterocycles. The van der Waals surface area contributed by atoms with Gasteiger partial charge in [-0.1, -0.05) is 29.8 Å². The summed E-state index contributed by atoms with van der Waals surface area (Å²) in [6.07, 6.45) is 9.27. The minimum Gasteiger partial charge on any atom is -0.334 e. The molecular weight excluding hydrogens is 434 g/mol. The van der Waals surface area contributed by atoms with E-state index in [1.54, 1.807) is 12.4 Å². The predicted octanol–water partition coefficient (Wildman–Crippen LogP) is 4.77. The molecule has 4 heterocycles. The van der Waals surface area contributed by atoms with E-state index >= 15 is 0 Å². The number of benzene rings is 1. The van der Waals surface area contributed by atoms with Gasteiger partial charge < -0.3 is 4.90 Å². The zero-order chi connectivity index (χ0) is 22.6. The Morgan fingerprint density at radius 2 is 1.91 bits per heavy atom. The highest BCUT2D eigenvalue weighted by Gasteiger charge is 2.36. The van der Waals surface area contributed by atoms with Gasteiger partial charge in [0.25, 0.3) is 0 Å². The van der Waals surface area contributed by atoms with Crippen molar-refractivity contribution in [1.82, 2.24) is 24.8 Å². The smallest absolute Gasteiger partial charge is 0.226 e. The average Bonchev–Trinajstić information content (AvgIpc) is 3.35. The number of amides is 1. The lowest BCUT2D eigenvalue weighted by molar-refractivity contribution is -0.138. The molecule has 2 aliphatic heterocycles. The molecular formula is C26H28ClN5O. The largest absolute Gasteiger partial charge is 0.334 e. The van der Waals surface area contributed by atoms with Crippen molar-refractivity contribution in [3.05, 3.63) is 77.3 Å². The summed E-state index contributed by atoms with van der Waals surface area (Å²) in [4.78, 5) is 31.4. The molecule has 6 nitrogen and oxygen atoms in total. The Labute approximate surface area is 199 Å². The van der Waals surface area contributed by atoms with Crippen molar-refractivity contribution in [2.45, 2.75) is 38.3 Å². The lowest BCUT2D eigenvalue weighted by Crippen LogP contribution is -2.42. The van der Waals surface area contributed by atoms with Crippen molar-refractivity contribution in [3.63, 3.8) is 0 Å². The normalized spacial score (nSPS) is 19.7. The van der Waals surface area contributed by atoms with Crippen LogP contribution in [0.1, 0.15) is 43.0 Å². The third-order valence-corrected chi connectivity index (χ3v) is 6.94. The van der Waals surface area contributed by atoms with Gasteiger partial charge in [-0.2, -0.15) is 0 Å². The van der Waals surface area contributed by atoms with Gasteiger partial charge in [-0.25, -0.2) is 9.97 Å². The second-order valence-corrected chi connectivity index (χ2v) is 9.35. The Morgan fingerprint density at radius 1 is 1.03 bits per heavy atom. The Hall–Kier alpha value is -2.83. The SMILES string of the molecule is O=C(C1CCN(Cc2cccnc2)CC1)N1CCCC1c1ccnc(-c2cccc(Cl)c2)n1. The van der Waals surface area contributed by atoms with E-state index in [1.165, 1.54) is 5.56 Å². The molecule has 0 spiro atoms. The molecule has 0 bridgehead atoms. The lowest BCUT2D eigenvalue weighted by Gasteiger charge is -2.34. The van der Waals surface area contributed by atoms with Crippen LogP contribution in [0.2, 0.25) is 5.02 Å². The zero-order valence-corrected chi connectivity index (χ0v) is 19.4. The molecule has 0 N–H and O–H groups in total. The van der Waals surface area contributed by atoms with E-state index in [0.29, 0.717) is 10.8 Å². The standard InChI is InChI=1S/C26H28ClN5O/c27-22-6-1-5-21(16-22)25-29-12-8-23(30-25)24-7-3-13-32(24)26(33)20-9-14-31(15-10-20)18-19-4-2-11-28-17-19/h1-2,4-6,8,11-12,16-17,20,24H,3,7,9-10,13-15,18H2. The van der Waals surface area contributed by atoms with Crippen LogP contribution in [-0.2, 0) is 11.3 Å². The minimum atomic E-state index is 0.0202. The third-order valence-electron chi connectivity index (χ3n) is 6.70. The predicted molar refractivity (Wildman–Crippen MR) is 128 cm³/mol. The fourth-order valence-electron chi connectivity index (χ4n) is 4.99. The third kappa shape index (κ3) is 5.07. The molecule has 0 aliphatic carbocycles. The van der Waals surface area contributed by atoms with Crippen LogP contribution in [0.15, 0.2) is 61.1 Å². The van der Waals surface area contributed by atoms with Crippen molar-refractivity contribution < 1.29 is 4.79 Å². The summed E-state index contributed by atoms with van der Waals surface area (Å²) in [6.45, 7) is 3.58. The molecule has 2 aromatic heterocycles. The van der Waals surface area contributed by atoms with Crippen molar-refractivity contribution in [3.8, 4) is 11.4 Å². The van der Waals surface area contributed by atoms with Gasteiger partial charge in [0.15, 0.2) is 5.82 Å². The Bertz CT molecular complexity index is 1100. The number of nitrogens with zero attached hydrogens (tertiary/aromatic N) is 5. The van der Waals surface area contributed by atoms with Crippen molar-refractivity contribution in [1.29, 1.82) is 0 Å². The van der Waals surface area contributed by atoms with Gasteiger partial charge in [-0.3, -0.25) is 14.7 Å². The zero-order valence-electron chi connectivity index (χ0n) is 18.6. The maximum Gasteiger partial charge on any atom is 0.226 e. The van der Waals surface area contributed by atoms with Gasteiger partial charge in [0, 0.05) is 48.2 Å². The van der Waals surface area contributed by atoms with Crippen molar-refractivity contribution >= 4 is 17.5 Å². The molecule has 170 valence electrons. The molecule has 2 fully saturated rings. The Kier molecular flexibility index (Phi) is 6.65. The van der Waals surface area contributed by atoms with Crippen LogP contribution < -0.4 is 0 Å². The van der Waals surface area contributed by atoms with Gasteiger partial charge in [0.1, 0.15) is 0 Å². The van der Waals surface area contributed by atoms with Crippen molar-refractivity contribution in [2.75, 3.05) is 19.6 Å². The van der Waals surface area contributed by atoms with Crippen LogP contribution >= 0.6 is 11.6 Å². The van der Waals surface area contributed by atoms with Crippen LogP contribution in [0.5, 0.6) is 0 Å². The highest BCUT2D eigenvalue weighted by Crippen LogP contribution is 2.34. The highest BCUT2D eigenvalue weighted by atomic mass is 35.5. The first-order valence-electron chi connectivity index (χ1n) is 11.7. The average molecular weight is 462 g/mol. The Morgan fingerprint density at radius 3 is 2.70 bits per heavy atom. The molecule has 1 unspecified atom stereocenters. The number of rotatable bonds is 5. The van der Waals surface area contributed by atoms with Gasteiger partial charge in [-0.15, -0.1) is 0 Å². The maximum absolute atomic E-state index is 13.5. The van der Waals surface area contributed by atoms with Crippen LogP contribution in [0.3, 0.4) is 0 Å². The fraction of sp³-hybridized carbons (Fsp3) is 0.385. The first kappa shape index (κ1) is 22.0. The van der Waals surface area contributed by atoms with E-state index in [4.69, 9.17) is 16.6 Å². The summed E-state index contributed by atoms with van der Waals surface area (Å²) in [5.41, 5.74) is 3.03. The number of halogens is 1. The number of aromatic nitrogens is 3. The molecule has 1 aromatic carbocycles. The van der Waals surface area contributed by atoms with Crippen LogP contribution in [0, 0.1) is 5.92 Å². The molecule has 3 aromatic rings. The topological polar surface area (TPSA) is 62.2 Å². The van der Waals surface area contributed by atoms with Crippen LogP contribution in [-0.4, -0.2) is 50.3 Å². The molecule has 0 saturated carbocycles. The Balaban J connectivity index is 1.25. The quantitative estimate of drug-likeness (QED) is 0.547. The van der Waals surface area contributed by atoms with E-state index in [1.807, 2.05) is 42.6 Å². The number of likely N-dealkylation sites (tertiary alicyclic amines) is 2. The van der Waals surface area contributed by atoms with E-state index in [2.05, 4.69) is 25.8 Å². The summed E-state index contributed by atoms with van der Waals surface area (Å²) >= 11 is 6.15. The molecule has 1 atom stereocenters. The molecule has 2 aliphatic rings. The molecule has 33 heavy (non-hydrogen) atoms. The number of hydrogen-bond donors (Lipinski definition) is 0. The summed E-state index contributed by atoms with van der Waals surface area (Å²) in [5, 5.41) is 0.661. The molecule has 0 radical (unpaired) electrons. The monoisotopic (exact) mass is 461 g/mol. The van der Waals surface area contributed by atoms with Gasteiger partial charge in [0.2, 0.25) is 5.91 Å². The second-order valence-electron chi connectivity index (χ2n) is 8.92. The molecule has 1 amide bonds. The first-order chi connectivity index (χ1) is 16.2. The number of carbonyl (C=O) groups is 1. The lowest BCUT2D eigenvalue weighted by atomic mass is 9.94. The van der Waals surface area contributed by atoms with E-state index in [0.717, 1.165) is 63.1 Å². The number of pyridine rings is 1. The van der Waals surface area contributed by atoms with Gasteiger partial charge in [0.05, 0.1) is 11.7 Å². The number of hydrogen-bond acceptors (Lipinski definition) is 5. The van der Waals surface area contributed by atoms with E-state index < -0.39 is 0 Å². The molecule has 5 rings (SSSR count). The molecule has 7 heteroatoms. The summed E-state index contributed by atoms with van der Waals surface area (Å²) in [7, 11) is 0. The summed E-state index contributed by atoms with van der Waals surface area (Å²) < 4.78 is 0. The number of piperidine rings is 1. The van der Waals surface area contributed by atoms with Gasteiger partial charge in [-0.05, 0) is 68.6 Å². The highest BCUT2D eigenvalue weighted by molar-refractivity contribution is 6.30. The van der Waals surface area contributed by atoms with Crippen LogP contribution in [0.4, 0.5) is 0 Å². The van der Waals surface area contributed by atoms with Gasteiger partial charge >= 0.3 is 0 Å². The summed E-state index contributed by atoms with van der Waals surface area (Å²) in [5.74, 6) is 1.02. The minimum absolute atomic E-state index is 0.0202. The first-order valence-corrected chi connectivity index (χ1v) is 12.1. The number of carbonyl (C=O) groups excluding carboxylic acids is 1. The maximum atomic E-state index is 13.5. The second kappa shape index (κ2) is 9.98. The van der Waals surface area contributed by atoms with Crippen molar-refractivity contribution in [2.24, 2.45) is 5.92 Å².